The van der Waals surface area contributed by atoms with Gasteiger partial charge in [0.25, 0.3) is 0 Å². The highest BCUT2D eigenvalue weighted by Gasteiger charge is 2.19. The summed E-state index contributed by atoms with van der Waals surface area (Å²) in [6, 6.07) is 59.2. The van der Waals surface area contributed by atoms with Gasteiger partial charge in [-0.3, -0.25) is 0 Å². The summed E-state index contributed by atoms with van der Waals surface area (Å²) < 4.78 is 2.15. The molecule has 0 aliphatic rings. The van der Waals surface area contributed by atoms with Crippen molar-refractivity contribution in [1.29, 1.82) is 5.26 Å². The number of nitrogens with zero attached hydrogens (tertiary/aromatic N) is 3. The minimum absolute atomic E-state index is 0.455. The monoisotopic (exact) mass is 621 g/mol. The van der Waals surface area contributed by atoms with Crippen molar-refractivity contribution in [2.45, 2.75) is 0 Å². The van der Waals surface area contributed by atoms with E-state index in [4.69, 9.17) is 6.57 Å². The maximum absolute atomic E-state index is 10.3. The van der Waals surface area contributed by atoms with Gasteiger partial charge in [-0.1, -0.05) is 140 Å². The van der Waals surface area contributed by atoms with E-state index in [1.54, 1.807) is 6.07 Å². The Morgan fingerprint density at radius 2 is 0.898 bits per heavy atom. The summed E-state index contributed by atoms with van der Waals surface area (Å²) in [6.07, 6.45) is 0. The van der Waals surface area contributed by atoms with Crippen LogP contribution in [0.15, 0.2) is 164 Å². The zero-order valence-electron chi connectivity index (χ0n) is 26.4. The Hall–Kier alpha value is -6.94. The van der Waals surface area contributed by atoms with Gasteiger partial charge in [-0.15, -0.1) is 0 Å². The average molecular weight is 622 g/mol. The van der Waals surface area contributed by atoms with Gasteiger partial charge in [0.15, 0.2) is 5.69 Å². The van der Waals surface area contributed by atoms with Crippen molar-refractivity contribution in [1.82, 2.24) is 4.57 Å². The molecule has 0 atom stereocenters. The Morgan fingerprint density at radius 1 is 0.469 bits per heavy atom. The van der Waals surface area contributed by atoms with Gasteiger partial charge in [0.05, 0.1) is 34.9 Å². The molecule has 9 aromatic rings. The predicted molar refractivity (Wildman–Crippen MR) is 203 cm³/mol. The molecule has 49 heavy (non-hydrogen) atoms. The van der Waals surface area contributed by atoms with Crippen molar-refractivity contribution < 1.29 is 0 Å². The quantitative estimate of drug-likeness (QED) is 0.142. The van der Waals surface area contributed by atoms with Crippen LogP contribution in [-0.2, 0) is 0 Å². The largest absolute Gasteiger partial charge is 0.308 e. The van der Waals surface area contributed by atoms with Crippen LogP contribution in [0.4, 0.5) is 5.69 Å². The second-order valence-corrected chi connectivity index (χ2v) is 12.3. The Morgan fingerprint density at radius 3 is 1.39 bits per heavy atom. The van der Waals surface area contributed by atoms with Crippen LogP contribution in [-0.4, -0.2) is 4.57 Å². The van der Waals surface area contributed by atoms with Crippen molar-refractivity contribution in [3.05, 3.63) is 181 Å². The molecule has 0 saturated heterocycles. The second-order valence-electron chi connectivity index (χ2n) is 12.3. The molecule has 0 aliphatic carbocycles. The molecular weight excluding hydrogens is 595 g/mol. The predicted octanol–water partition coefficient (Wildman–Crippen LogP) is 12.5. The van der Waals surface area contributed by atoms with Crippen LogP contribution in [0, 0.1) is 17.9 Å². The first-order valence-electron chi connectivity index (χ1n) is 16.3. The van der Waals surface area contributed by atoms with Gasteiger partial charge in [0, 0.05) is 10.8 Å². The lowest BCUT2D eigenvalue weighted by atomic mass is 9.85. The number of nitriles is 1. The summed E-state index contributed by atoms with van der Waals surface area (Å²) >= 11 is 0. The van der Waals surface area contributed by atoms with Crippen molar-refractivity contribution >= 4 is 49.0 Å². The highest BCUT2D eigenvalue weighted by molar-refractivity contribution is 6.21. The number of rotatable bonds is 4. The zero-order chi connectivity index (χ0) is 32.9. The molecule has 1 heterocycles. The third-order valence-electron chi connectivity index (χ3n) is 9.65. The summed E-state index contributed by atoms with van der Waals surface area (Å²) in [5.74, 6) is 0. The Labute approximate surface area is 284 Å². The summed E-state index contributed by atoms with van der Waals surface area (Å²) in [7, 11) is 0. The molecule has 9 rings (SSSR count). The maximum Gasteiger partial charge on any atom is 0.196 e. The molecule has 0 amide bonds. The molecule has 3 nitrogen and oxygen atoms in total. The molecule has 226 valence electrons. The number of hydrogen-bond acceptors (Lipinski definition) is 1. The van der Waals surface area contributed by atoms with Crippen LogP contribution >= 0.6 is 0 Å². The SMILES string of the molecule is [C-]#[N+]c1cc(C#N)c(-n2c3ccccc3c3ccccc32)cc1-c1ccc(-c2c3ccccc3c(-c3ccccc3)c3ccccc23)cc1. The molecule has 3 heteroatoms. The van der Waals surface area contributed by atoms with Gasteiger partial charge in [-0.2, -0.15) is 5.26 Å². The van der Waals surface area contributed by atoms with E-state index >= 15 is 0 Å². The van der Waals surface area contributed by atoms with Gasteiger partial charge in [0.1, 0.15) is 0 Å². The van der Waals surface area contributed by atoms with E-state index in [0.717, 1.165) is 44.2 Å². The van der Waals surface area contributed by atoms with Crippen LogP contribution in [0.25, 0.3) is 87.3 Å². The van der Waals surface area contributed by atoms with E-state index in [2.05, 4.69) is 143 Å². The van der Waals surface area contributed by atoms with Gasteiger partial charge in [0.2, 0.25) is 0 Å². The Balaban J connectivity index is 1.25. The van der Waals surface area contributed by atoms with E-state index in [0.29, 0.717) is 11.3 Å². The number of fused-ring (bicyclic) bond motifs is 5. The van der Waals surface area contributed by atoms with Crippen LogP contribution in [0.1, 0.15) is 5.56 Å². The molecule has 0 radical (unpaired) electrons. The third kappa shape index (κ3) is 4.42. The van der Waals surface area contributed by atoms with Gasteiger partial charge < -0.3 is 4.57 Å². The van der Waals surface area contributed by atoms with Crippen LogP contribution in [0.3, 0.4) is 0 Å². The van der Waals surface area contributed by atoms with Crippen molar-refractivity contribution in [3.8, 4) is 45.1 Å². The van der Waals surface area contributed by atoms with E-state index < -0.39 is 0 Å². The zero-order valence-corrected chi connectivity index (χ0v) is 26.4. The number of hydrogen-bond donors (Lipinski definition) is 0. The van der Waals surface area contributed by atoms with E-state index in [9.17, 15) is 5.26 Å². The fourth-order valence-corrected chi connectivity index (χ4v) is 7.53. The molecule has 1 aromatic heterocycles. The molecule has 0 saturated carbocycles. The molecule has 8 aromatic carbocycles. The first-order valence-corrected chi connectivity index (χ1v) is 16.3. The highest BCUT2D eigenvalue weighted by atomic mass is 15.0. The summed E-state index contributed by atoms with van der Waals surface area (Å²) in [6.45, 7) is 8.07. The molecule has 0 bridgehead atoms. The maximum atomic E-state index is 10.3. The summed E-state index contributed by atoms with van der Waals surface area (Å²) in [5, 5.41) is 17.4. The lowest BCUT2D eigenvalue weighted by Gasteiger charge is -2.18. The molecule has 0 unspecified atom stereocenters. The van der Waals surface area contributed by atoms with Gasteiger partial charge >= 0.3 is 0 Å². The number of benzene rings is 8. The third-order valence-corrected chi connectivity index (χ3v) is 9.65. The van der Waals surface area contributed by atoms with Gasteiger partial charge in [-0.05, 0) is 79.2 Å². The smallest absolute Gasteiger partial charge is 0.196 e. The molecular formula is C46H27N3. The van der Waals surface area contributed by atoms with Crippen molar-refractivity contribution in [2.75, 3.05) is 0 Å². The topological polar surface area (TPSA) is 33.1 Å². The normalized spacial score (nSPS) is 11.2. The van der Waals surface area contributed by atoms with E-state index in [1.807, 2.05) is 30.3 Å². The minimum Gasteiger partial charge on any atom is -0.308 e. The fourth-order valence-electron chi connectivity index (χ4n) is 7.53. The van der Waals surface area contributed by atoms with Crippen LogP contribution in [0.2, 0.25) is 0 Å². The second kappa shape index (κ2) is 11.4. The Kier molecular flexibility index (Phi) is 6.58. The van der Waals surface area contributed by atoms with E-state index in [1.165, 1.54) is 38.2 Å². The highest BCUT2D eigenvalue weighted by Crippen LogP contribution is 2.45. The molecule has 0 aliphatic heterocycles. The minimum atomic E-state index is 0.455. The number of para-hydroxylation sites is 2. The molecule has 0 spiro atoms. The standard InChI is InChI=1S/C46H27N3/c1-48-41-27-33(29-47)44(49-42-21-11-9-15-34(42)35-16-10-12-22-43(35)49)28-40(41)30-23-25-32(26-24-30)46-38-19-7-5-17-36(38)45(31-13-3-2-4-14-31)37-18-6-8-20-39(37)46/h2-28H. The summed E-state index contributed by atoms with van der Waals surface area (Å²) in [5.41, 5.74) is 10.2. The first kappa shape index (κ1) is 28.3. The van der Waals surface area contributed by atoms with Crippen LogP contribution < -0.4 is 0 Å². The summed E-state index contributed by atoms with van der Waals surface area (Å²) in [4.78, 5) is 3.89. The number of aromatic nitrogens is 1. The van der Waals surface area contributed by atoms with Crippen molar-refractivity contribution in [2.24, 2.45) is 0 Å². The lowest BCUT2D eigenvalue weighted by Crippen LogP contribution is -1.98. The first-order chi connectivity index (χ1) is 24.2. The molecule has 0 fully saturated rings. The molecule has 0 N–H and O–H groups in total. The van der Waals surface area contributed by atoms with Crippen LogP contribution in [0.5, 0.6) is 0 Å². The Bertz CT molecular complexity index is 2720. The lowest BCUT2D eigenvalue weighted by molar-refractivity contribution is 1.17. The average Bonchev–Trinajstić information content (AvgIpc) is 3.51. The van der Waals surface area contributed by atoms with Crippen molar-refractivity contribution in [3.63, 3.8) is 0 Å². The fraction of sp³-hybridized carbons (Fsp3) is 0. The van der Waals surface area contributed by atoms with Gasteiger partial charge in [-0.25, -0.2) is 4.85 Å². The van der Waals surface area contributed by atoms with E-state index in [-0.39, 0.29) is 0 Å².